The third-order valence-corrected chi connectivity index (χ3v) is 1.92. The first-order valence-electron chi connectivity index (χ1n) is 4.41. The molecule has 0 aliphatic heterocycles. The number of rotatable bonds is 4. The molecule has 0 aliphatic carbocycles. The standard InChI is InChI=1S/C11H10F2O2/c1-7-3-2-4-8(5-7)9(14)6-10(15)11(12)13/h2-5,11H,6H2,1H3. The number of hydrogen-bond acceptors (Lipinski definition) is 2. The fourth-order valence-electron chi connectivity index (χ4n) is 1.16. The fraction of sp³-hybridized carbons (Fsp3) is 0.273. The van der Waals surface area contributed by atoms with Gasteiger partial charge in [-0.1, -0.05) is 23.8 Å². The van der Waals surface area contributed by atoms with Gasteiger partial charge in [0, 0.05) is 5.56 Å². The van der Waals surface area contributed by atoms with Crippen molar-refractivity contribution < 1.29 is 18.4 Å². The van der Waals surface area contributed by atoms with E-state index in [1.165, 1.54) is 6.07 Å². The van der Waals surface area contributed by atoms with Gasteiger partial charge in [-0.05, 0) is 13.0 Å². The molecule has 0 atom stereocenters. The van der Waals surface area contributed by atoms with Gasteiger partial charge >= 0.3 is 0 Å². The smallest absolute Gasteiger partial charge is 0.294 e. The first kappa shape index (κ1) is 11.5. The number of carbonyl (C=O) groups is 2. The topological polar surface area (TPSA) is 34.1 Å². The van der Waals surface area contributed by atoms with Crippen molar-refractivity contribution in [3.05, 3.63) is 35.4 Å². The van der Waals surface area contributed by atoms with Crippen molar-refractivity contribution in [3.8, 4) is 0 Å². The Morgan fingerprint density at radius 2 is 2.00 bits per heavy atom. The van der Waals surface area contributed by atoms with Crippen LogP contribution >= 0.6 is 0 Å². The number of aryl methyl sites for hydroxylation is 1. The van der Waals surface area contributed by atoms with E-state index in [4.69, 9.17) is 0 Å². The molecule has 0 unspecified atom stereocenters. The predicted molar refractivity (Wildman–Crippen MR) is 51.1 cm³/mol. The predicted octanol–water partition coefficient (Wildman–Crippen LogP) is 2.40. The Balaban J connectivity index is 2.74. The van der Waals surface area contributed by atoms with Crippen LogP contribution in [-0.2, 0) is 4.79 Å². The van der Waals surface area contributed by atoms with E-state index in [2.05, 4.69) is 0 Å². The second-order valence-corrected chi connectivity index (χ2v) is 3.24. The van der Waals surface area contributed by atoms with Crippen LogP contribution in [0, 0.1) is 6.92 Å². The molecule has 2 nitrogen and oxygen atoms in total. The van der Waals surface area contributed by atoms with Gasteiger partial charge in [0.15, 0.2) is 5.78 Å². The van der Waals surface area contributed by atoms with Gasteiger partial charge in [0.05, 0.1) is 6.42 Å². The maximum absolute atomic E-state index is 11.9. The van der Waals surface area contributed by atoms with Crippen LogP contribution in [0.3, 0.4) is 0 Å². The quantitative estimate of drug-likeness (QED) is 0.567. The molecule has 0 amide bonds. The highest BCUT2D eigenvalue weighted by Crippen LogP contribution is 2.09. The average molecular weight is 212 g/mol. The summed E-state index contributed by atoms with van der Waals surface area (Å²) in [6.07, 6.45) is -3.81. The van der Waals surface area contributed by atoms with Crippen LogP contribution in [0.25, 0.3) is 0 Å². The third kappa shape index (κ3) is 3.23. The van der Waals surface area contributed by atoms with E-state index in [1.807, 2.05) is 0 Å². The first-order valence-corrected chi connectivity index (χ1v) is 4.41. The van der Waals surface area contributed by atoms with Crippen molar-refractivity contribution >= 4 is 11.6 Å². The Morgan fingerprint density at radius 1 is 1.33 bits per heavy atom. The molecule has 1 aromatic rings. The molecule has 0 fully saturated rings. The number of Topliss-reactive ketones (excluding diaryl/α,β-unsaturated/α-hetero) is 2. The van der Waals surface area contributed by atoms with Crippen LogP contribution in [0.1, 0.15) is 22.3 Å². The van der Waals surface area contributed by atoms with Crippen molar-refractivity contribution in [1.29, 1.82) is 0 Å². The van der Waals surface area contributed by atoms with Crippen molar-refractivity contribution in [3.63, 3.8) is 0 Å². The van der Waals surface area contributed by atoms with Crippen molar-refractivity contribution in [1.82, 2.24) is 0 Å². The normalized spacial score (nSPS) is 10.4. The summed E-state index contributed by atoms with van der Waals surface area (Å²) < 4.78 is 23.8. The first-order chi connectivity index (χ1) is 7.00. The van der Waals surface area contributed by atoms with Crippen LogP contribution in [0.5, 0.6) is 0 Å². The molecule has 80 valence electrons. The molecule has 0 aromatic heterocycles. The molecule has 4 heteroatoms. The molecular formula is C11H10F2O2. The molecule has 0 radical (unpaired) electrons. The molecule has 1 rings (SSSR count). The van der Waals surface area contributed by atoms with E-state index in [-0.39, 0.29) is 0 Å². The number of hydrogen-bond donors (Lipinski definition) is 0. The molecule has 0 aliphatic rings. The highest BCUT2D eigenvalue weighted by atomic mass is 19.3. The fourth-order valence-corrected chi connectivity index (χ4v) is 1.16. The molecule has 0 N–H and O–H groups in total. The van der Waals surface area contributed by atoms with E-state index in [0.717, 1.165) is 5.56 Å². The Bertz CT molecular complexity index is 386. The minimum atomic E-state index is -3.07. The summed E-state index contributed by atoms with van der Waals surface area (Å²) >= 11 is 0. The van der Waals surface area contributed by atoms with Crippen LogP contribution in [0.2, 0.25) is 0 Å². The third-order valence-electron chi connectivity index (χ3n) is 1.92. The largest absolute Gasteiger partial charge is 0.296 e. The van der Waals surface area contributed by atoms with Crippen LogP contribution in [-0.4, -0.2) is 18.0 Å². The molecule has 0 saturated heterocycles. The van der Waals surface area contributed by atoms with Gasteiger partial charge in [-0.3, -0.25) is 9.59 Å². The zero-order valence-corrected chi connectivity index (χ0v) is 8.17. The van der Waals surface area contributed by atoms with E-state index in [9.17, 15) is 18.4 Å². The summed E-state index contributed by atoms with van der Waals surface area (Å²) in [4.78, 5) is 22.0. The Labute approximate surface area is 85.9 Å². The summed E-state index contributed by atoms with van der Waals surface area (Å²) in [5.74, 6) is -1.90. The van der Waals surface area contributed by atoms with Gasteiger partial charge in [0.1, 0.15) is 0 Å². The van der Waals surface area contributed by atoms with Crippen LogP contribution < -0.4 is 0 Å². The summed E-state index contributed by atoms with van der Waals surface area (Å²) in [5, 5.41) is 0. The van der Waals surface area contributed by atoms with Crippen LogP contribution in [0.4, 0.5) is 8.78 Å². The highest BCUT2D eigenvalue weighted by Gasteiger charge is 2.19. The van der Waals surface area contributed by atoms with Gasteiger partial charge in [-0.15, -0.1) is 0 Å². The van der Waals surface area contributed by atoms with E-state index < -0.39 is 24.4 Å². The number of ketones is 2. The summed E-state index contributed by atoms with van der Waals surface area (Å²) in [6.45, 7) is 1.78. The van der Waals surface area contributed by atoms with Gasteiger partial charge in [0.25, 0.3) is 6.43 Å². The lowest BCUT2D eigenvalue weighted by Gasteiger charge is -2.01. The SMILES string of the molecule is Cc1cccc(C(=O)CC(=O)C(F)F)c1. The van der Waals surface area contributed by atoms with E-state index >= 15 is 0 Å². The van der Waals surface area contributed by atoms with Gasteiger partial charge in [0.2, 0.25) is 5.78 Å². The molecule has 0 bridgehead atoms. The molecular weight excluding hydrogens is 202 g/mol. The number of carbonyl (C=O) groups excluding carboxylic acids is 2. The lowest BCUT2D eigenvalue weighted by molar-refractivity contribution is -0.128. The molecule has 1 aromatic carbocycles. The van der Waals surface area contributed by atoms with E-state index in [1.54, 1.807) is 25.1 Å². The van der Waals surface area contributed by atoms with Crippen molar-refractivity contribution in [2.75, 3.05) is 0 Å². The molecule has 15 heavy (non-hydrogen) atoms. The van der Waals surface area contributed by atoms with Crippen molar-refractivity contribution in [2.45, 2.75) is 19.8 Å². The Hall–Kier alpha value is -1.58. The zero-order valence-electron chi connectivity index (χ0n) is 8.17. The van der Waals surface area contributed by atoms with Crippen LogP contribution in [0.15, 0.2) is 24.3 Å². The Kier molecular flexibility index (Phi) is 3.66. The maximum atomic E-state index is 11.9. The minimum absolute atomic E-state index is 0.295. The van der Waals surface area contributed by atoms with E-state index in [0.29, 0.717) is 5.56 Å². The highest BCUT2D eigenvalue weighted by molar-refractivity contribution is 6.08. The number of benzene rings is 1. The molecule has 0 saturated carbocycles. The number of halogens is 2. The summed E-state index contributed by atoms with van der Waals surface area (Å²) in [6, 6.07) is 6.51. The van der Waals surface area contributed by atoms with Gasteiger partial charge < -0.3 is 0 Å². The number of alkyl halides is 2. The lowest BCUT2D eigenvalue weighted by Crippen LogP contribution is -2.15. The summed E-state index contributed by atoms with van der Waals surface area (Å²) in [7, 11) is 0. The maximum Gasteiger partial charge on any atom is 0.296 e. The van der Waals surface area contributed by atoms with Gasteiger partial charge in [-0.2, -0.15) is 0 Å². The monoisotopic (exact) mass is 212 g/mol. The van der Waals surface area contributed by atoms with Gasteiger partial charge in [-0.25, -0.2) is 8.78 Å². The summed E-state index contributed by atoms with van der Waals surface area (Å²) in [5.41, 5.74) is 1.15. The van der Waals surface area contributed by atoms with Crippen molar-refractivity contribution in [2.24, 2.45) is 0 Å². The second kappa shape index (κ2) is 4.77. The lowest BCUT2D eigenvalue weighted by atomic mass is 10.0. The minimum Gasteiger partial charge on any atom is -0.294 e. The molecule has 0 spiro atoms. The Morgan fingerprint density at radius 3 is 2.53 bits per heavy atom. The zero-order chi connectivity index (χ0) is 11.4. The molecule has 0 heterocycles. The second-order valence-electron chi connectivity index (χ2n) is 3.24. The average Bonchev–Trinajstić information content (AvgIpc) is 2.17.